The number of aryl methyl sites for hydroxylation is 1. The van der Waals surface area contributed by atoms with Crippen molar-refractivity contribution in [2.45, 2.75) is 26.7 Å². The summed E-state index contributed by atoms with van der Waals surface area (Å²) in [6.45, 7) is 4.07. The predicted octanol–water partition coefficient (Wildman–Crippen LogP) is 3.83. The molecule has 4 heteroatoms. The highest BCUT2D eigenvalue weighted by atomic mass is 16.5. The molecule has 120 valence electrons. The van der Waals surface area contributed by atoms with Crippen LogP contribution in [0.4, 0.5) is 0 Å². The summed E-state index contributed by atoms with van der Waals surface area (Å²) in [4.78, 5) is 23.0. The number of carbonyl (C=O) groups excluding carboxylic acids is 2. The molecule has 0 bridgehead atoms. The molecule has 0 aliphatic carbocycles. The lowest BCUT2D eigenvalue weighted by Gasteiger charge is -2.06. The molecule has 0 atom stereocenters. The van der Waals surface area contributed by atoms with E-state index in [0.717, 1.165) is 11.3 Å². The lowest BCUT2D eigenvalue weighted by molar-refractivity contribution is -0.134. The Morgan fingerprint density at radius 2 is 1.52 bits per heavy atom. The second-order valence-corrected chi connectivity index (χ2v) is 5.13. The monoisotopic (exact) mass is 312 g/mol. The third-order valence-electron chi connectivity index (χ3n) is 3.34. The number of ketones is 1. The van der Waals surface area contributed by atoms with Gasteiger partial charge in [-0.1, -0.05) is 12.1 Å². The van der Waals surface area contributed by atoms with Gasteiger partial charge in [-0.15, -0.1) is 0 Å². The summed E-state index contributed by atoms with van der Waals surface area (Å²) in [7, 11) is 0. The van der Waals surface area contributed by atoms with E-state index in [4.69, 9.17) is 9.47 Å². The minimum absolute atomic E-state index is 0.0154. The molecule has 0 N–H and O–H groups in total. The molecule has 0 aliphatic heterocycles. The fourth-order valence-corrected chi connectivity index (χ4v) is 2.11. The zero-order chi connectivity index (χ0) is 16.7. The van der Waals surface area contributed by atoms with E-state index in [1.165, 1.54) is 6.92 Å². The molecule has 4 nitrogen and oxygen atoms in total. The van der Waals surface area contributed by atoms with Gasteiger partial charge in [0.1, 0.15) is 11.5 Å². The van der Waals surface area contributed by atoms with Crippen molar-refractivity contribution in [1.82, 2.24) is 0 Å². The molecule has 0 radical (unpaired) electrons. The van der Waals surface area contributed by atoms with Gasteiger partial charge >= 0.3 is 5.97 Å². The van der Waals surface area contributed by atoms with Crippen molar-refractivity contribution in [3.63, 3.8) is 0 Å². The third kappa shape index (κ3) is 5.25. The van der Waals surface area contributed by atoms with Crippen molar-refractivity contribution >= 4 is 11.8 Å². The number of benzene rings is 2. The van der Waals surface area contributed by atoms with Crippen molar-refractivity contribution in [2.75, 3.05) is 6.61 Å². The number of Topliss-reactive ketones (excluding diaryl/α,β-unsaturated/α-hetero) is 1. The number of esters is 1. The molecule has 0 aromatic heterocycles. The van der Waals surface area contributed by atoms with E-state index in [1.54, 1.807) is 24.3 Å². The Bertz CT molecular complexity index is 657. The summed E-state index contributed by atoms with van der Waals surface area (Å²) in [6, 6.07) is 14.2. The van der Waals surface area contributed by atoms with Crippen LogP contribution in [0, 0.1) is 0 Å². The van der Waals surface area contributed by atoms with Gasteiger partial charge in [0.05, 0.1) is 6.61 Å². The number of carbonyl (C=O) groups is 2. The third-order valence-corrected chi connectivity index (χ3v) is 3.34. The van der Waals surface area contributed by atoms with Crippen LogP contribution in [0.15, 0.2) is 48.5 Å². The zero-order valence-corrected chi connectivity index (χ0v) is 13.4. The van der Waals surface area contributed by atoms with Crippen LogP contribution in [-0.2, 0) is 11.2 Å². The molecule has 2 aromatic carbocycles. The molecular formula is C19H20O4. The highest BCUT2D eigenvalue weighted by Gasteiger charge is 2.07. The van der Waals surface area contributed by atoms with E-state index < -0.39 is 0 Å². The van der Waals surface area contributed by atoms with Crippen LogP contribution in [0.2, 0.25) is 0 Å². The number of rotatable bonds is 7. The van der Waals surface area contributed by atoms with E-state index in [0.29, 0.717) is 30.8 Å². The van der Waals surface area contributed by atoms with E-state index >= 15 is 0 Å². The van der Waals surface area contributed by atoms with Crippen LogP contribution in [-0.4, -0.2) is 18.4 Å². The minimum atomic E-state index is -0.297. The molecular weight excluding hydrogens is 292 g/mol. The van der Waals surface area contributed by atoms with Gasteiger partial charge in [0, 0.05) is 12.0 Å². The van der Waals surface area contributed by atoms with Crippen molar-refractivity contribution in [3.8, 4) is 11.5 Å². The summed E-state index contributed by atoms with van der Waals surface area (Å²) < 4.78 is 10.6. The maximum atomic E-state index is 11.9. The SMILES string of the molecule is CCOc1ccc(CCC(=O)Oc2ccc(C(C)=O)cc2)cc1. The first-order chi connectivity index (χ1) is 11.1. The smallest absolute Gasteiger partial charge is 0.311 e. The van der Waals surface area contributed by atoms with Crippen molar-refractivity contribution in [2.24, 2.45) is 0 Å². The van der Waals surface area contributed by atoms with Crippen molar-refractivity contribution < 1.29 is 19.1 Å². The second kappa shape index (κ2) is 8.13. The van der Waals surface area contributed by atoms with E-state index in [1.807, 2.05) is 31.2 Å². The minimum Gasteiger partial charge on any atom is -0.494 e. The molecule has 0 fully saturated rings. The molecule has 0 spiro atoms. The second-order valence-electron chi connectivity index (χ2n) is 5.13. The quantitative estimate of drug-likeness (QED) is 0.443. The van der Waals surface area contributed by atoms with Gasteiger partial charge in [0.15, 0.2) is 5.78 Å². The lowest BCUT2D eigenvalue weighted by atomic mass is 10.1. The maximum Gasteiger partial charge on any atom is 0.311 e. The molecule has 0 heterocycles. The van der Waals surface area contributed by atoms with Gasteiger partial charge in [0.25, 0.3) is 0 Å². The van der Waals surface area contributed by atoms with Crippen molar-refractivity contribution in [1.29, 1.82) is 0 Å². The Labute approximate surface area is 136 Å². The van der Waals surface area contributed by atoms with Crippen LogP contribution in [0.25, 0.3) is 0 Å². The standard InChI is InChI=1S/C19H20O4/c1-3-22-17-9-4-15(5-10-17)6-13-19(21)23-18-11-7-16(8-12-18)14(2)20/h4-5,7-12H,3,6,13H2,1-2H3. The van der Waals surface area contributed by atoms with Crippen LogP contribution in [0.5, 0.6) is 11.5 Å². The van der Waals surface area contributed by atoms with Gasteiger partial charge in [-0.05, 0) is 62.2 Å². The molecule has 0 unspecified atom stereocenters. The molecule has 2 rings (SSSR count). The number of hydrogen-bond acceptors (Lipinski definition) is 4. The highest BCUT2D eigenvalue weighted by molar-refractivity contribution is 5.94. The van der Waals surface area contributed by atoms with Gasteiger partial charge in [-0.3, -0.25) is 9.59 Å². The Balaban J connectivity index is 1.83. The van der Waals surface area contributed by atoms with Crippen LogP contribution in [0.1, 0.15) is 36.2 Å². The highest BCUT2D eigenvalue weighted by Crippen LogP contribution is 2.16. The normalized spacial score (nSPS) is 10.2. The van der Waals surface area contributed by atoms with E-state index in [-0.39, 0.29) is 11.8 Å². The average molecular weight is 312 g/mol. The lowest BCUT2D eigenvalue weighted by Crippen LogP contribution is -2.09. The summed E-state index contributed by atoms with van der Waals surface area (Å²) in [5.74, 6) is 0.962. The first kappa shape index (κ1) is 16.7. The van der Waals surface area contributed by atoms with E-state index in [9.17, 15) is 9.59 Å². The summed E-state index contributed by atoms with van der Waals surface area (Å²) in [5.41, 5.74) is 1.65. The molecule has 0 amide bonds. The summed E-state index contributed by atoms with van der Waals surface area (Å²) in [5, 5.41) is 0. The number of ether oxygens (including phenoxy) is 2. The van der Waals surface area contributed by atoms with Gasteiger partial charge < -0.3 is 9.47 Å². The maximum absolute atomic E-state index is 11.9. The number of hydrogen-bond donors (Lipinski definition) is 0. The topological polar surface area (TPSA) is 52.6 Å². The Hall–Kier alpha value is -2.62. The summed E-state index contributed by atoms with van der Waals surface area (Å²) >= 11 is 0. The largest absolute Gasteiger partial charge is 0.494 e. The van der Waals surface area contributed by atoms with Gasteiger partial charge in [0.2, 0.25) is 0 Å². The summed E-state index contributed by atoms with van der Waals surface area (Å²) in [6.07, 6.45) is 0.902. The van der Waals surface area contributed by atoms with Crippen molar-refractivity contribution in [3.05, 3.63) is 59.7 Å². The Morgan fingerprint density at radius 3 is 2.09 bits per heavy atom. The van der Waals surface area contributed by atoms with Gasteiger partial charge in [-0.2, -0.15) is 0 Å². The van der Waals surface area contributed by atoms with Crippen LogP contribution in [0.3, 0.4) is 0 Å². The predicted molar refractivity (Wildman–Crippen MR) is 88.0 cm³/mol. The average Bonchev–Trinajstić information content (AvgIpc) is 2.55. The van der Waals surface area contributed by atoms with Gasteiger partial charge in [-0.25, -0.2) is 0 Å². The first-order valence-corrected chi connectivity index (χ1v) is 7.62. The molecule has 2 aromatic rings. The van der Waals surface area contributed by atoms with E-state index in [2.05, 4.69) is 0 Å². The first-order valence-electron chi connectivity index (χ1n) is 7.62. The molecule has 23 heavy (non-hydrogen) atoms. The van der Waals surface area contributed by atoms with Crippen LogP contribution >= 0.6 is 0 Å². The van der Waals surface area contributed by atoms with Crippen LogP contribution < -0.4 is 9.47 Å². The Kier molecular flexibility index (Phi) is 5.92. The molecule has 0 saturated carbocycles. The molecule has 0 saturated heterocycles. The molecule has 0 aliphatic rings. The Morgan fingerprint density at radius 1 is 0.913 bits per heavy atom. The fourth-order valence-electron chi connectivity index (χ4n) is 2.11. The fraction of sp³-hybridized carbons (Fsp3) is 0.263. The zero-order valence-electron chi connectivity index (χ0n) is 13.4.